The number of aromatic nitrogens is 1. The molecule has 21 heavy (non-hydrogen) atoms. The lowest BCUT2D eigenvalue weighted by Gasteiger charge is -2.07. The van der Waals surface area contributed by atoms with Gasteiger partial charge in [-0.2, -0.15) is 0 Å². The number of thioether (sulfide) groups is 1. The van der Waals surface area contributed by atoms with E-state index < -0.39 is 0 Å². The summed E-state index contributed by atoms with van der Waals surface area (Å²) in [7, 11) is 0. The van der Waals surface area contributed by atoms with E-state index in [9.17, 15) is 5.11 Å². The second-order valence-electron chi connectivity index (χ2n) is 4.51. The molecule has 0 amide bonds. The first-order chi connectivity index (χ1) is 10.2. The van der Waals surface area contributed by atoms with Crippen LogP contribution in [0.15, 0.2) is 40.7 Å². The van der Waals surface area contributed by atoms with Gasteiger partial charge in [0, 0.05) is 12.2 Å². The number of phenolic OH excluding ortho intramolecular Hbond substituents is 1. The van der Waals surface area contributed by atoms with Crippen LogP contribution < -0.4 is 5.32 Å². The molecule has 0 aliphatic carbocycles. The molecular formula is C15H13ClN2OS2. The van der Waals surface area contributed by atoms with E-state index in [1.54, 1.807) is 35.2 Å². The number of hydrogen-bond acceptors (Lipinski definition) is 5. The number of halogens is 1. The van der Waals surface area contributed by atoms with Gasteiger partial charge in [0.15, 0.2) is 4.34 Å². The van der Waals surface area contributed by atoms with E-state index in [0.717, 1.165) is 21.1 Å². The summed E-state index contributed by atoms with van der Waals surface area (Å²) in [6.07, 6.45) is 2.03. The SMILES string of the molecule is CSc1nc2ccc(NCc3ccc(O)c(Cl)c3)cc2s1. The number of benzene rings is 2. The van der Waals surface area contributed by atoms with Crippen molar-refractivity contribution in [2.75, 3.05) is 11.6 Å². The third kappa shape index (κ3) is 3.26. The lowest BCUT2D eigenvalue weighted by Crippen LogP contribution is -1.98. The fourth-order valence-corrected chi connectivity index (χ4v) is 3.70. The molecule has 108 valence electrons. The largest absolute Gasteiger partial charge is 0.506 e. The maximum atomic E-state index is 9.41. The highest BCUT2D eigenvalue weighted by molar-refractivity contribution is 8.00. The summed E-state index contributed by atoms with van der Waals surface area (Å²) in [5.41, 5.74) is 3.09. The fraction of sp³-hybridized carbons (Fsp3) is 0.133. The third-order valence-corrected chi connectivity index (χ3v) is 5.36. The highest BCUT2D eigenvalue weighted by Crippen LogP contribution is 2.30. The number of fused-ring (bicyclic) bond motifs is 1. The van der Waals surface area contributed by atoms with Crippen LogP contribution in [-0.2, 0) is 6.54 Å². The highest BCUT2D eigenvalue weighted by atomic mass is 35.5. The average Bonchev–Trinajstić information content (AvgIpc) is 2.90. The predicted octanol–water partition coefficient (Wildman–Crippen LogP) is 4.99. The topological polar surface area (TPSA) is 45.2 Å². The molecule has 3 nitrogen and oxygen atoms in total. The zero-order chi connectivity index (χ0) is 14.8. The predicted molar refractivity (Wildman–Crippen MR) is 91.8 cm³/mol. The maximum Gasteiger partial charge on any atom is 0.150 e. The van der Waals surface area contributed by atoms with Gasteiger partial charge in [0.05, 0.1) is 15.2 Å². The quantitative estimate of drug-likeness (QED) is 0.659. The van der Waals surface area contributed by atoms with Crippen LogP contribution in [0.1, 0.15) is 5.56 Å². The van der Waals surface area contributed by atoms with Crippen LogP contribution in [0.2, 0.25) is 5.02 Å². The van der Waals surface area contributed by atoms with Gasteiger partial charge in [-0.15, -0.1) is 11.3 Å². The molecule has 2 aromatic carbocycles. The molecule has 0 aliphatic heterocycles. The van der Waals surface area contributed by atoms with Gasteiger partial charge in [-0.05, 0) is 42.2 Å². The van der Waals surface area contributed by atoms with Crippen LogP contribution in [0.25, 0.3) is 10.2 Å². The second-order valence-corrected chi connectivity index (χ2v) is 7.00. The Morgan fingerprint density at radius 3 is 2.90 bits per heavy atom. The lowest BCUT2D eigenvalue weighted by molar-refractivity contribution is 0.475. The van der Waals surface area contributed by atoms with E-state index >= 15 is 0 Å². The molecule has 0 aliphatic rings. The maximum absolute atomic E-state index is 9.41. The molecule has 0 fully saturated rings. The minimum absolute atomic E-state index is 0.107. The molecule has 0 bridgehead atoms. The van der Waals surface area contributed by atoms with Crippen molar-refractivity contribution in [1.82, 2.24) is 4.98 Å². The van der Waals surface area contributed by atoms with Gasteiger partial charge < -0.3 is 10.4 Å². The van der Waals surface area contributed by atoms with Crippen LogP contribution in [0, 0.1) is 0 Å². The van der Waals surface area contributed by atoms with Crippen LogP contribution >= 0.6 is 34.7 Å². The minimum Gasteiger partial charge on any atom is -0.506 e. The van der Waals surface area contributed by atoms with Gasteiger partial charge >= 0.3 is 0 Å². The van der Waals surface area contributed by atoms with Crippen LogP contribution in [0.4, 0.5) is 5.69 Å². The smallest absolute Gasteiger partial charge is 0.150 e. The van der Waals surface area contributed by atoms with E-state index in [1.165, 1.54) is 4.70 Å². The van der Waals surface area contributed by atoms with Crippen LogP contribution in [0.3, 0.4) is 0 Å². The molecule has 6 heteroatoms. The van der Waals surface area contributed by atoms with Gasteiger partial charge in [0.25, 0.3) is 0 Å². The van der Waals surface area contributed by atoms with Crippen molar-refractivity contribution in [2.45, 2.75) is 10.9 Å². The Bertz CT molecular complexity index is 788. The molecule has 0 unspecified atom stereocenters. The van der Waals surface area contributed by atoms with Crippen molar-refractivity contribution < 1.29 is 5.11 Å². The van der Waals surface area contributed by atoms with Crippen molar-refractivity contribution in [1.29, 1.82) is 0 Å². The summed E-state index contributed by atoms with van der Waals surface area (Å²) in [5.74, 6) is 0.107. The summed E-state index contributed by atoms with van der Waals surface area (Å²) in [6, 6.07) is 11.4. The molecular weight excluding hydrogens is 324 g/mol. The van der Waals surface area contributed by atoms with Crippen molar-refractivity contribution >= 4 is 50.6 Å². The molecule has 3 aromatic rings. The second kappa shape index (κ2) is 6.13. The Morgan fingerprint density at radius 2 is 2.14 bits per heavy atom. The molecule has 0 saturated heterocycles. The number of rotatable bonds is 4. The Kier molecular flexibility index (Phi) is 4.24. The van der Waals surface area contributed by atoms with Crippen molar-refractivity contribution in [3.63, 3.8) is 0 Å². The number of nitrogens with zero attached hydrogens (tertiary/aromatic N) is 1. The number of thiazole rings is 1. The molecule has 0 spiro atoms. The van der Waals surface area contributed by atoms with Gasteiger partial charge in [-0.1, -0.05) is 29.4 Å². The van der Waals surface area contributed by atoms with Gasteiger partial charge in [0.2, 0.25) is 0 Å². The van der Waals surface area contributed by atoms with Gasteiger partial charge in [0.1, 0.15) is 5.75 Å². The Morgan fingerprint density at radius 1 is 1.29 bits per heavy atom. The van der Waals surface area contributed by atoms with E-state index in [-0.39, 0.29) is 5.75 Å². The Balaban J connectivity index is 1.76. The lowest BCUT2D eigenvalue weighted by atomic mass is 10.2. The number of anilines is 1. The number of phenols is 1. The first-order valence-corrected chi connectivity index (χ1v) is 8.73. The van der Waals surface area contributed by atoms with Crippen molar-refractivity contribution in [2.24, 2.45) is 0 Å². The molecule has 3 rings (SSSR count). The highest BCUT2D eigenvalue weighted by Gasteiger charge is 2.04. The standard InChI is InChI=1S/C15H13ClN2OS2/c1-20-15-18-12-4-3-10(7-14(12)21-15)17-8-9-2-5-13(19)11(16)6-9/h2-7,17,19H,8H2,1H3. The summed E-state index contributed by atoms with van der Waals surface area (Å²) in [5, 5.41) is 13.1. The van der Waals surface area contributed by atoms with Gasteiger partial charge in [-0.25, -0.2) is 4.98 Å². The number of hydrogen-bond donors (Lipinski definition) is 2. The summed E-state index contributed by atoms with van der Waals surface area (Å²) in [6.45, 7) is 0.652. The first-order valence-electron chi connectivity index (χ1n) is 6.31. The van der Waals surface area contributed by atoms with E-state index in [2.05, 4.69) is 16.4 Å². The normalized spacial score (nSPS) is 11.0. The average molecular weight is 337 g/mol. The Labute approximate surface area is 136 Å². The van der Waals surface area contributed by atoms with Gasteiger partial charge in [-0.3, -0.25) is 0 Å². The summed E-state index contributed by atoms with van der Waals surface area (Å²) < 4.78 is 2.25. The summed E-state index contributed by atoms with van der Waals surface area (Å²) in [4.78, 5) is 4.52. The molecule has 1 aromatic heterocycles. The van der Waals surface area contributed by atoms with Crippen LogP contribution in [-0.4, -0.2) is 16.3 Å². The monoisotopic (exact) mass is 336 g/mol. The van der Waals surface area contributed by atoms with E-state index in [4.69, 9.17) is 11.6 Å². The number of nitrogens with one attached hydrogen (secondary N) is 1. The van der Waals surface area contributed by atoms with E-state index in [1.807, 2.05) is 24.5 Å². The first kappa shape index (κ1) is 14.5. The molecule has 0 atom stereocenters. The Hall–Kier alpha value is -1.43. The zero-order valence-electron chi connectivity index (χ0n) is 11.3. The zero-order valence-corrected chi connectivity index (χ0v) is 13.6. The fourth-order valence-electron chi connectivity index (χ4n) is 1.97. The molecule has 0 radical (unpaired) electrons. The molecule has 2 N–H and O–H groups in total. The van der Waals surface area contributed by atoms with E-state index in [0.29, 0.717) is 11.6 Å². The summed E-state index contributed by atoms with van der Waals surface area (Å²) >= 11 is 9.26. The molecule has 0 saturated carbocycles. The van der Waals surface area contributed by atoms with Crippen LogP contribution in [0.5, 0.6) is 5.75 Å². The van der Waals surface area contributed by atoms with Crippen molar-refractivity contribution in [3.05, 3.63) is 47.0 Å². The van der Waals surface area contributed by atoms with Crippen molar-refractivity contribution in [3.8, 4) is 5.75 Å². The molecule has 1 heterocycles. The number of aromatic hydroxyl groups is 1. The minimum atomic E-state index is 0.107. The third-order valence-electron chi connectivity index (χ3n) is 3.05.